The van der Waals surface area contributed by atoms with Gasteiger partial charge >= 0.3 is 0 Å². The van der Waals surface area contributed by atoms with Gasteiger partial charge in [-0.25, -0.2) is 0 Å². The Morgan fingerprint density at radius 2 is 1.76 bits per heavy atom. The SMILES string of the molecule is CC(C)(C)NCCCc1nnc(-c2cc(Br)cc(Br)c2)o1. The van der Waals surface area contributed by atoms with E-state index in [0.29, 0.717) is 11.8 Å². The third-order valence-corrected chi connectivity index (χ3v) is 3.71. The van der Waals surface area contributed by atoms with Crippen LogP contribution in [0.3, 0.4) is 0 Å². The number of nitrogens with one attached hydrogen (secondary N) is 1. The molecule has 4 nitrogen and oxygen atoms in total. The summed E-state index contributed by atoms with van der Waals surface area (Å²) in [7, 11) is 0. The molecule has 0 atom stereocenters. The van der Waals surface area contributed by atoms with Crippen LogP contribution in [-0.2, 0) is 6.42 Å². The zero-order valence-electron chi connectivity index (χ0n) is 12.4. The monoisotopic (exact) mass is 415 g/mol. The maximum atomic E-state index is 5.72. The lowest BCUT2D eigenvalue weighted by Gasteiger charge is -2.19. The van der Waals surface area contributed by atoms with Crippen LogP contribution < -0.4 is 5.32 Å². The molecule has 0 spiro atoms. The van der Waals surface area contributed by atoms with Gasteiger partial charge in [0.1, 0.15) is 0 Å². The lowest BCUT2D eigenvalue weighted by molar-refractivity contribution is 0.412. The zero-order valence-corrected chi connectivity index (χ0v) is 15.6. The van der Waals surface area contributed by atoms with Crippen molar-refractivity contribution in [2.45, 2.75) is 39.2 Å². The van der Waals surface area contributed by atoms with Crippen LogP contribution in [0.15, 0.2) is 31.6 Å². The fraction of sp³-hybridized carbons (Fsp3) is 0.467. The van der Waals surface area contributed by atoms with Crippen LogP contribution in [0.25, 0.3) is 11.5 Å². The normalized spacial score (nSPS) is 11.9. The van der Waals surface area contributed by atoms with Crippen LogP contribution in [-0.4, -0.2) is 22.3 Å². The number of hydrogen-bond donors (Lipinski definition) is 1. The van der Waals surface area contributed by atoms with E-state index < -0.39 is 0 Å². The van der Waals surface area contributed by atoms with E-state index in [2.05, 4.69) is 68.1 Å². The number of hydrogen-bond acceptors (Lipinski definition) is 4. The summed E-state index contributed by atoms with van der Waals surface area (Å²) >= 11 is 6.92. The van der Waals surface area contributed by atoms with E-state index in [1.54, 1.807) is 0 Å². The molecule has 1 N–H and O–H groups in total. The lowest BCUT2D eigenvalue weighted by atomic mass is 10.1. The van der Waals surface area contributed by atoms with Crippen molar-refractivity contribution in [1.29, 1.82) is 0 Å². The van der Waals surface area contributed by atoms with Gasteiger partial charge in [-0.05, 0) is 51.9 Å². The minimum atomic E-state index is 0.141. The van der Waals surface area contributed by atoms with Gasteiger partial charge in [0.25, 0.3) is 0 Å². The highest BCUT2D eigenvalue weighted by molar-refractivity contribution is 9.11. The van der Waals surface area contributed by atoms with Crippen molar-refractivity contribution in [2.24, 2.45) is 0 Å². The zero-order chi connectivity index (χ0) is 15.5. The van der Waals surface area contributed by atoms with Gasteiger partial charge in [-0.3, -0.25) is 0 Å². The summed E-state index contributed by atoms with van der Waals surface area (Å²) in [5, 5.41) is 11.7. The molecule has 114 valence electrons. The number of aryl methyl sites for hydroxylation is 1. The molecule has 2 rings (SSSR count). The Kier molecular flexibility index (Phi) is 5.57. The Bertz CT molecular complexity index is 585. The largest absolute Gasteiger partial charge is 0.421 e. The summed E-state index contributed by atoms with van der Waals surface area (Å²) in [5.74, 6) is 1.23. The highest BCUT2D eigenvalue weighted by Crippen LogP contribution is 2.27. The van der Waals surface area contributed by atoms with Crippen molar-refractivity contribution in [3.8, 4) is 11.5 Å². The molecule has 0 fully saturated rings. The van der Waals surface area contributed by atoms with Gasteiger partial charge in [-0.1, -0.05) is 31.9 Å². The van der Waals surface area contributed by atoms with E-state index in [4.69, 9.17) is 4.42 Å². The van der Waals surface area contributed by atoms with Crippen LogP contribution in [0.2, 0.25) is 0 Å². The molecule has 0 amide bonds. The van der Waals surface area contributed by atoms with E-state index in [0.717, 1.165) is 33.9 Å². The van der Waals surface area contributed by atoms with E-state index in [1.807, 2.05) is 18.2 Å². The van der Waals surface area contributed by atoms with Gasteiger partial charge in [0, 0.05) is 26.5 Å². The molecule has 0 saturated carbocycles. The molecule has 6 heteroatoms. The molecule has 1 aromatic heterocycles. The molecule has 1 aromatic carbocycles. The summed E-state index contributed by atoms with van der Waals surface area (Å²) in [6.45, 7) is 7.40. The van der Waals surface area contributed by atoms with Gasteiger partial charge in [-0.15, -0.1) is 10.2 Å². The van der Waals surface area contributed by atoms with Crippen molar-refractivity contribution in [3.63, 3.8) is 0 Å². The van der Waals surface area contributed by atoms with E-state index >= 15 is 0 Å². The number of aromatic nitrogens is 2. The van der Waals surface area contributed by atoms with Crippen molar-refractivity contribution < 1.29 is 4.42 Å². The highest BCUT2D eigenvalue weighted by atomic mass is 79.9. The van der Waals surface area contributed by atoms with E-state index in [1.165, 1.54) is 0 Å². The molecular weight excluding hydrogens is 398 g/mol. The Hall–Kier alpha value is -0.720. The Labute approximate surface area is 142 Å². The quantitative estimate of drug-likeness (QED) is 0.724. The highest BCUT2D eigenvalue weighted by Gasteiger charge is 2.11. The fourth-order valence-electron chi connectivity index (χ4n) is 1.85. The lowest BCUT2D eigenvalue weighted by Crippen LogP contribution is -2.36. The maximum Gasteiger partial charge on any atom is 0.247 e. The number of rotatable bonds is 5. The van der Waals surface area contributed by atoms with E-state index in [9.17, 15) is 0 Å². The molecule has 0 aliphatic heterocycles. The number of nitrogens with zero attached hydrogens (tertiary/aromatic N) is 2. The average molecular weight is 417 g/mol. The molecule has 21 heavy (non-hydrogen) atoms. The summed E-state index contributed by atoms with van der Waals surface area (Å²) < 4.78 is 7.67. The van der Waals surface area contributed by atoms with Gasteiger partial charge in [0.2, 0.25) is 11.8 Å². The third kappa shape index (κ3) is 5.52. The van der Waals surface area contributed by atoms with Gasteiger partial charge < -0.3 is 9.73 Å². The van der Waals surface area contributed by atoms with Crippen molar-refractivity contribution in [1.82, 2.24) is 15.5 Å². The number of benzene rings is 1. The standard InChI is InChI=1S/C15H19Br2N3O/c1-15(2,3)18-6-4-5-13-19-20-14(21-13)10-7-11(16)9-12(17)8-10/h7-9,18H,4-6H2,1-3H3. The predicted octanol–water partition coefficient (Wildman–Crippen LogP) is 4.58. The average Bonchev–Trinajstić information content (AvgIpc) is 2.81. The van der Waals surface area contributed by atoms with Crippen molar-refractivity contribution in [3.05, 3.63) is 33.0 Å². The van der Waals surface area contributed by atoms with Crippen LogP contribution >= 0.6 is 31.9 Å². The predicted molar refractivity (Wildman–Crippen MR) is 91.2 cm³/mol. The molecule has 1 heterocycles. The first-order chi connectivity index (χ1) is 9.83. The molecule has 0 radical (unpaired) electrons. The van der Waals surface area contributed by atoms with Crippen LogP contribution in [0.4, 0.5) is 0 Å². The van der Waals surface area contributed by atoms with Gasteiger partial charge in [0.05, 0.1) is 0 Å². The Balaban J connectivity index is 1.95. The molecule has 0 unspecified atom stereocenters. The Morgan fingerprint density at radius 3 is 2.38 bits per heavy atom. The molecular formula is C15H19Br2N3O. The van der Waals surface area contributed by atoms with Crippen molar-refractivity contribution in [2.75, 3.05) is 6.54 Å². The molecule has 0 bridgehead atoms. The second-order valence-corrected chi connectivity index (χ2v) is 7.77. The molecule has 0 saturated heterocycles. The third-order valence-electron chi connectivity index (χ3n) is 2.80. The van der Waals surface area contributed by atoms with Gasteiger partial charge in [0.15, 0.2) is 0 Å². The molecule has 0 aliphatic carbocycles. The summed E-state index contributed by atoms with van der Waals surface area (Å²) in [6, 6.07) is 5.89. The van der Waals surface area contributed by atoms with E-state index in [-0.39, 0.29) is 5.54 Å². The van der Waals surface area contributed by atoms with Crippen LogP contribution in [0, 0.1) is 0 Å². The van der Waals surface area contributed by atoms with Crippen LogP contribution in [0.5, 0.6) is 0 Å². The first-order valence-corrected chi connectivity index (χ1v) is 8.46. The molecule has 0 aliphatic rings. The second-order valence-electron chi connectivity index (χ2n) is 5.94. The summed E-state index contributed by atoms with van der Waals surface area (Å²) in [4.78, 5) is 0. The topological polar surface area (TPSA) is 51.0 Å². The van der Waals surface area contributed by atoms with Crippen LogP contribution in [0.1, 0.15) is 33.1 Å². The number of halogens is 2. The van der Waals surface area contributed by atoms with Crippen molar-refractivity contribution >= 4 is 31.9 Å². The smallest absolute Gasteiger partial charge is 0.247 e. The fourth-order valence-corrected chi connectivity index (χ4v) is 3.15. The first-order valence-electron chi connectivity index (χ1n) is 6.87. The minimum absolute atomic E-state index is 0.141. The summed E-state index contributed by atoms with van der Waals surface area (Å²) in [5.41, 5.74) is 1.05. The first kappa shape index (κ1) is 16.6. The summed E-state index contributed by atoms with van der Waals surface area (Å²) in [6.07, 6.45) is 1.76. The Morgan fingerprint density at radius 1 is 1.10 bits per heavy atom. The molecule has 2 aromatic rings. The maximum absolute atomic E-state index is 5.72. The minimum Gasteiger partial charge on any atom is -0.421 e. The second kappa shape index (κ2) is 7.03. The van der Waals surface area contributed by atoms with Gasteiger partial charge in [-0.2, -0.15) is 0 Å².